The van der Waals surface area contributed by atoms with Gasteiger partial charge in [0.05, 0.1) is 0 Å². The van der Waals surface area contributed by atoms with Gasteiger partial charge in [-0.3, -0.25) is 0 Å². The highest BCUT2D eigenvalue weighted by molar-refractivity contribution is 5.31. The van der Waals surface area contributed by atoms with Crippen molar-refractivity contribution in [1.29, 1.82) is 0 Å². The van der Waals surface area contributed by atoms with Gasteiger partial charge in [0, 0.05) is 18.3 Å². The molecule has 1 aliphatic carbocycles. The molecule has 2 N–H and O–H groups in total. The van der Waals surface area contributed by atoms with Gasteiger partial charge < -0.3 is 24.4 Å². The molecule has 8 atom stereocenters. The molecule has 30 heavy (non-hydrogen) atoms. The summed E-state index contributed by atoms with van der Waals surface area (Å²) < 4.78 is 18.5. The topological polar surface area (TPSA) is 68.2 Å². The third-order valence-electron chi connectivity index (χ3n) is 7.76. The standard InChI is InChI=1S/C25H38O5/c1-15-7-12-20-16(2)21(28-18-10-8-17(9-11-18)23(3,4)5)29-22-25(20,27)19(15)13-14-24(6,26)30-22/h8-11,15-16,19-22,26-27H,7,12-14H2,1-6H3/t15-,16-,19?,20?,21?,22-,24+,25-/m1/s1. The molecule has 3 unspecified atom stereocenters. The summed E-state index contributed by atoms with van der Waals surface area (Å²) in [5, 5.41) is 22.6. The first-order chi connectivity index (χ1) is 13.9. The van der Waals surface area contributed by atoms with E-state index in [-0.39, 0.29) is 23.2 Å². The van der Waals surface area contributed by atoms with Crippen molar-refractivity contribution in [2.24, 2.45) is 23.7 Å². The van der Waals surface area contributed by atoms with Gasteiger partial charge in [0.15, 0.2) is 12.1 Å². The number of ether oxygens (including phenoxy) is 3. The lowest BCUT2D eigenvalue weighted by atomic mass is 9.58. The minimum Gasteiger partial charge on any atom is -0.465 e. The molecule has 2 heterocycles. The Morgan fingerprint density at radius 2 is 1.67 bits per heavy atom. The Balaban J connectivity index is 1.60. The van der Waals surface area contributed by atoms with E-state index in [9.17, 15) is 10.2 Å². The van der Waals surface area contributed by atoms with E-state index in [4.69, 9.17) is 14.2 Å². The molecule has 1 aromatic rings. The van der Waals surface area contributed by atoms with Gasteiger partial charge in [-0.2, -0.15) is 0 Å². The maximum atomic E-state index is 11.9. The molecular formula is C25H38O5. The Labute approximate surface area is 180 Å². The van der Waals surface area contributed by atoms with E-state index in [0.717, 1.165) is 25.0 Å². The van der Waals surface area contributed by atoms with E-state index in [1.807, 2.05) is 12.1 Å². The van der Waals surface area contributed by atoms with Crippen LogP contribution in [0, 0.1) is 23.7 Å². The Morgan fingerprint density at radius 1 is 1.00 bits per heavy atom. The molecule has 2 saturated heterocycles. The number of hydrogen-bond donors (Lipinski definition) is 2. The summed E-state index contributed by atoms with van der Waals surface area (Å²) in [7, 11) is 0. The van der Waals surface area contributed by atoms with Crippen molar-refractivity contribution in [1.82, 2.24) is 0 Å². The van der Waals surface area contributed by atoms with Crippen molar-refractivity contribution in [3.63, 3.8) is 0 Å². The molecule has 1 saturated carbocycles. The van der Waals surface area contributed by atoms with Crippen molar-refractivity contribution in [2.45, 2.75) is 96.6 Å². The average molecular weight is 419 g/mol. The minimum atomic E-state index is -1.32. The number of hydrogen-bond acceptors (Lipinski definition) is 5. The summed E-state index contributed by atoms with van der Waals surface area (Å²) in [5.74, 6) is -0.150. The lowest BCUT2D eigenvalue weighted by Crippen LogP contribution is -2.67. The summed E-state index contributed by atoms with van der Waals surface area (Å²) in [6.45, 7) is 12.5. The van der Waals surface area contributed by atoms with E-state index in [1.165, 1.54) is 5.56 Å². The van der Waals surface area contributed by atoms with Crippen LogP contribution < -0.4 is 4.74 Å². The van der Waals surface area contributed by atoms with E-state index >= 15 is 0 Å². The van der Waals surface area contributed by atoms with E-state index in [1.54, 1.807) is 6.92 Å². The van der Waals surface area contributed by atoms with Crippen molar-refractivity contribution in [3.05, 3.63) is 29.8 Å². The molecule has 0 radical (unpaired) electrons. The van der Waals surface area contributed by atoms with Crippen LogP contribution in [0.5, 0.6) is 5.75 Å². The second-order valence-corrected chi connectivity index (χ2v) is 11.1. The largest absolute Gasteiger partial charge is 0.465 e. The van der Waals surface area contributed by atoms with Crippen molar-refractivity contribution in [3.8, 4) is 5.75 Å². The highest BCUT2D eigenvalue weighted by Crippen LogP contribution is 2.55. The summed E-state index contributed by atoms with van der Waals surface area (Å²) in [6.07, 6.45) is 1.75. The third kappa shape index (κ3) is 3.79. The Bertz CT molecular complexity index is 752. The predicted octanol–water partition coefficient (Wildman–Crippen LogP) is 4.59. The van der Waals surface area contributed by atoms with Gasteiger partial charge in [-0.05, 0) is 61.1 Å². The molecule has 3 fully saturated rings. The van der Waals surface area contributed by atoms with Crippen LogP contribution >= 0.6 is 0 Å². The van der Waals surface area contributed by atoms with Crippen LogP contribution in [0.3, 0.4) is 0 Å². The Hall–Kier alpha value is -1.14. The summed E-state index contributed by atoms with van der Waals surface area (Å²) >= 11 is 0. The van der Waals surface area contributed by atoms with Crippen LogP contribution in [-0.2, 0) is 14.9 Å². The predicted molar refractivity (Wildman–Crippen MR) is 115 cm³/mol. The highest BCUT2D eigenvalue weighted by Gasteiger charge is 2.63. The van der Waals surface area contributed by atoms with Gasteiger partial charge in [0.2, 0.25) is 6.29 Å². The van der Waals surface area contributed by atoms with E-state index in [0.29, 0.717) is 12.3 Å². The molecule has 0 spiro atoms. The molecule has 0 amide bonds. The highest BCUT2D eigenvalue weighted by atomic mass is 16.8. The zero-order valence-electron chi connectivity index (χ0n) is 19.2. The maximum Gasteiger partial charge on any atom is 0.205 e. The summed E-state index contributed by atoms with van der Waals surface area (Å²) in [4.78, 5) is 0. The maximum absolute atomic E-state index is 11.9. The lowest BCUT2D eigenvalue weighted by molar-refractivity contribution is -0.398. The minimum absolute atomic E-state index is 0.00481. The lowest BCUT2D eigenvalue weighted by Gasteiger charge is -2.57. The van der Waals surface area contributed by atoms with Crippen LogP contribution in [0.2, 0.25) is 0 Å². The number of benzene rings is 1. The quantitative estimate of drug-likeness (QED) is 0.735. The first-order valence-corrected chi connectivity index (χ1v) is 11.5. The van der Waals surface area contributed by atoms with Crippen LogP contribution in [0.25, 0.3) is 0 Å². The first kappa shape index (κ1) is 22.1. The molecular weight excluding hydrogens is 380 g/mol. The monoisotopic (exact) mass is 418 g/mol. The van der Waals surface area contributed by atoms with Crippen LogP contribution in [-0.4, -0.2) is 34.2 Å². The molecule has 168 valence electrons. The normalized spacial score (nSPS) is 44.1. The second kappa shape index (κ2) is 7.47. The van der Waals surface area contributed by atoms with Crippen LogP contribution in [0.1, 0.15) is 72.8 Å². The van der Waals surface area contributed by atoms with Crippen LogP contribution in [0.4, 0.5) is 0 Å². The zero-order valence-corrected chi connectivity index (χ0v) is 19.2. The molecule has 5 nitrogen and oxygen atoms in total. The molecule has 5 heteroatoms. The van der Waals surface area contributed by atoms with E-state index < -0.39 is 24.0 Å². The smallest absolute Gasteiger partial charge is 0.205 e. The Kier molecular flexibility index (Phi) is 5.50. The number of rotatable bonds is 2. The fraction of sp³-hybridized carbons (Fsp3) is 0.760. The molecule has 2 aliphatic heterocycles. The van der Waals surface area contributed by atoms with Gasteiger partial charge in [-0.1, -0.05) is 46.8 Å². The summed E-state index contributed by atoms with van der Waals surface area (Å²) in [6, 6.07) is 8.13. The summed E-state index contributed by atoms with van der Waals surface area (Å²) in [5.41, 5.74) is 0.221. The molecule has 3 aliphatic rings. The van der Waals surface area contributed by atoms with Crippen LogP contribution in [0.15, 0.2) is 24.3 Å². The Morgan fingerprint density at radius 3 is 2.30 bits per heavy atom. The van der Waals surface area contributed by atoms with Gasteiger partial charge >= 0.3 is 0 Å². The van der Waals surface area contributed by atoms with Gasteiger partial charge in [-0.25, -0.2) is 0 Å². The third-order valence-corrected chi connectivity index (χ3v) is 7.76. The molecule has 0 aromatic heterocycles. The van der Waals surface area contributed by atoms with Gasteiger partial charge in [-0.15, -0.1) is 0 Å². The fourth-order valence-electron chi connectivity index (χ4n) is 5.84. The zero-order chi connectivity index (χ0) is 21.9. The fourth-order valence-corrected chi connectivity index (χ4v) is 5.84. The first-order valence-electron chi connectivity index (χ1n) is 11.5. The van der Waals surface area contributed by atoms with Gasteiger partial charge in [0.1, 0.15) is 11.4 Å². The van der Waals surface area contributed by atoms with Crippen molar-refractivity contribution in [2.75, 3.05) is 0 Å². The van der Waals surface area contributed by atoms with E-state index in [2.05, 4.69) is 46.8 Å². The van der Waals surface area contributed by atoms with Crippen molar-refractivity contribution < 1.29 is 24.4 Å². The molecule has 4 rings (SSSR count). The van der Waals surface area contributed by atoms with Gasteiger partial charge in [0.25, 0.3) is 0 Å². The average Bonchev–Trinajstić information content (AvgIpc) is 2.74. The second-order valence-electron chi connectivity index (χ2n) is 11.1. The number of aliphatic hydroxyl groups is 2. The molecule has 1 aromatic carbocycles. The SMILES string of the molecule is C[C@H]1C(Oc2ccc(C(C)(C)C)cc2)O[C@@H]2O[C@](C)(O)CCC3[C@H](C)CCC1[C@]32O. The van der Waals surface area contributed by atoms with Crippen molar-refractivity contribution >= 4 is 0 Å². The molecule has 0 bridgehead atoms.